The van der Waals surface area contributed by atoms with Crippen LogP contribution in [0, 0.1) is 0 Å². The summed E-state index contributed by atoms with van der Waals surface area (Å²) in [7, 11) is 3.12. The van der Waals surface area contributed by atoms with Gasteiger partial charge in [-0.05, 0) is 36.3 Å². The molecule has 0 fully saturated rings. The van der Waals surface area contributed by atoms with Crippen molar-refractivity contribution in [3.05, 3.63) is 59.7 Å². The van der Waals surface area contributed by atoms with Crippen LogP contribution in [0.5, 0.6) is 17.2 Å². The third-order valence-corrected chi connectivity index (χ3v) is 3.71. The Morgan fingerprint density at radius 2 is 1.81 bits per heavy atom. The zero-order valence-electron chi connectivity index (χ0n) is 15.1. The van der Waals surface area contributed by atoms with Crippen LogP contribution >= 0.6 is 0 Å². The van der Waals surface area contributed by atoms with E-state index in [1.165, 1.54) is 18.2 Å². The van der Waals surface area contributed by atoms with Crippen molar-refractivity contribution in [1.29, 1.82) is 0 Å². The highest BCUT2D eigenvalue weighted by molar-refractivity contribution is 5.92. The number of alkyl halides is 2. The van der Waals surface area contributed by atoms with Gasteiger partial charge in [0.2, 0.25) is 5.91 Å². The van der Waals surface area contributed by atoms with E-state index in [1.807, 2.05) is 12.1 Å². The fourth-order valence-corrected chi connectivity index (χ4v) is 2.41. The fraction of sp³-hybridized carbons (Fsp3) is 0.250. The van der Waals surface area contributed by atoms with E-state index in [0.29, 0.717) is 30.0 Å². The van der Waals surface area contributed by atoms with Crippen LogP contribution in [0.15, 0.2) is 48.5 Å². The SMILES string of the molecule is COc1ccc(CCNC(=O)C=Cc2ccccc2OC(F)F)cc1OC. The van der Waals surface area contributed by atoms with E-state index in [1.54, 1.807) is 38.5 Å². The summed E-state index contributed by atoms with van der Waals surface area (Å²) < 4.78 is 39.6. The van der Waals surface area contributed by atoms with Crippen molar-refractivity contribution in [1.82, 2.24) is 5.32 Å². The molecule has 0 saturated carbocycles. The van der Waals surface area contributed by atoms with Gasteiger partial charge in [0.05, 0.1) is 14.2 Å². The summed E-state index contributed by atoms with van der Waals surface area (Å²) in [5.74, 6) is 0.943. The molecule has 0 saturated heterocycles. The average Bonchev–Trinajstić information content (AvgIpc) is 2.66. The van der Waals surface area contributed by atoms with Gasteiger partial charge in [0.15, 0.2) is 11.5 Å². The fourth-order valence-electron chi connectivity index (χ4n) is 2.41. The Labute approximate surface area is 156 Å². The summed E-state index contributed by atoms with van der Waals surface area (Å²) in [4.78, 5) is 11.9. The molecule has 0 bridgehead atoms. The van der Waals surface area contributed by atoms with Crippen LogP contribution in [0.25, 0.3) is 6.08 Å². The molecule has 0 atom stereocenters. The molecule has 7 heteroatoms. The number of amides is 1. The van der Waals surface area contributed by atoms with Crippen molar-refractivity contribution in [2.75, 3.05) is 20.8 Å². The van der Waals surface area contributed by atoms with Gasteiger partial charge in [-0.3, -0.25) is 4.79 Å². The number of hydrogen-bond acceptors (Lipinski definition) is 4. The zero-order valence-corrected chi connectivity index (χ0v) is 15.1. The largest absolute Gasteiger partial charge is 0.493 e. The van der Waals surface area contributed by atoms with Crippen molar-refractivity contribution < 1.29 is 27.8 Å². The smallest absolute Gasteiger partial charge is 0.387 e. The Balaban J connectivity index is 1.89. The Hall–Kier alpha value is -3.09. The Morgan fingerprint density at radius 3 is 2.52 bits per heavy atom. The van der Waals surface area contributed by atoms with Crippen LogP contribution in [-0.4, -0.2) is 33.3 Å². The van der Waals surface area contributed by atoms with Gasteiger partial charge < -0.3 is 19.5 Å². The van der Waals surface area contributed by atoms with Gasteiger partial charge in [0.25, 0.3) is 0 Å². The zero-order chi connectivity index (χ0) is 19.6. The van der Waals surface area contributed by atoms with Gasteiger partial charge in [-0.2, -0.15) is 8.78 Å². The first-order valence-electron chi connectivity index (χ1n) is 8.24. The third-order valence-electron chi connectivity index (χ3n) is 3.71. The molecule has 1 N–H and O–H groups in total. The van der Waals surface area contributed by atoms with Crippen LogP contribution in [0.2, 0.25) is 0 Å². The predicted molar refractivity (Wildman–Crippen MR) is 98.4 cm³/mol. The van der Waals surface area contributed by atoms with E-state index in [9.17, 15) is 13.6 Å². The van der Waals surface area contributed by atoms with Crippen LogP contribution in [0.4, 0.5) is 8.78 Å². The molecule has 144 valence electrons. The maximum atomic E-state index is 12.4. The molecule has 0 aliphatic heterocycles. The summed E-state index contributed by atoms with van der Waals surface area (Å²) in [5.41, 5.74) is 1.38. The maximum Gasteiger partial charge on any atom is 0.387 e. The Bertz CT molecular complexity index is 793. The van der Waals surface area contributed by atoms with E-state index in [-0.39, 0.29) is 11.7 Å². The number of para-hydroxylation sites is 1. The van der Waals surface area contributed by atoms with Crippen molar-refractivity contribution in [2.24, 2.45) is 0 Å². The van der Waals surface area contributed by atoms with E-state index in [4.69, 9.17) is 9.47 Å². The molecule has 0 unspecified atom stereocenters. The highest BCUT2D eigenvalue weighted by Gasteiger charge is 2.08. The topological polar surface area (TPSA) is 56.8 Å². The normalized spacial score (nSPS) is 10.9. The molecule has 0 aliphatic carbocycles. The number of benzene rings is 2. The molecule has 5 nitrogen and oxygen atoms in total. The quantitative estimate of drug-likeness (QED) is 0.678. The number of carbonyl (C=O) groups excluding carboxylic acids is 1. The number of ether oxygens (including phenoxy) is 3. The number of halogens is 2. The van der Waals surface area contributed by atoms with Crippen molar-refractivity contribution >= 4 is 12.0 Å². The molecule has 1 amide bonds. The molecule has 2 rings (SSSR count). The lowest BCUT2D eigenvalue weighted by atomic mass is 10.1. The minimum Gasteiger partial charge on any atom is -0.493 e. The second kappa shape index (κ2) is 10.2. The number of hydrogen-bond donors (Lipinski definition) is 1. The highest BCUT2D eigenvalue weighted by Crippen LogP contribution is 2.27. The third kappa shape index (κ3) is 6.29. The van der Waals surface area contributed by atoms with Crippen molar-refractivity contribution in [3.8, 4) is 17.2 Å². The molecule has 2 aromatic carbocycles. The van der Waals surface area contributed by atoms with Gasteiger partial charge in [-0.1, -0.05) is 24.3 Å². The lowest BCUT2D eigenvalue weighted by Gasteiger charge is -2.10. The summed E-state index contributed by atoms with van der Waals surface area (Å²) in [6.45, 7) is -2.51. The molecule has 0 aliphatic rings. The summed E-state index contributed by atoms with van der Waals surface area (Å²) in [6.07, 6.45) is 3.32. The highest BCUT2D eigenvalue weighted by atomic mass is 19.3. The number of rotatable bonds is 9. The first kappa shape index (κ1) is 20.2. The van der Waals surface area contributed by atoms with Gasteiger partial charge in [-0.25, -0.2) is 0 Å². The molecule has 0 radical (unpaired) electrons. The summed E-state index contributed by atoms with van der Waals surface area (Å²) in [5, 5.41) is 2.74. The lowest BCUT2D eigenvalue weighted by molar-refractivity contribution is -0.116. The standard InChI is InChI=1S/C20H21F2NO4/c1-25-17-9-7-14(13-18(17)26-2)11-12-23-19(24)10-8-15-5-3-4-6-16(15)27-20(21)22/h3-10,13,20H,11-12H2,1-2H3,(H,23,24). The number of methoxy groups -OCH3 is 2. The monoisotopic (exact) mass is 377 g/mol. The van der Waals surface area contributed by atoms with Gasteiger partial charge in [-0.15, -0.1) is 0 Å². The summed E-state index contributed by atoms with van der Waals surface area (Å²) >= 11 is 0. The van der Waals surface area contributed by atoms with Crippen molar-refractivity contribution in [3.63, 3.8) is 0 Å². The molecular weight excluding hydrogens is 356 g/mol. The molecule has 2 aromatic rings. The van der Waals surface area contributed by atoms with Crippen LogP contribution in [-0.2, 0) is 11.2 Å². The van der Waals surface area contributed by atoms with E-state index in [0.717, 1.165) is 5.56 Å². The van der Waals surface area contributed by atoms with Crippen LogP contribution < -0.4 is 19.5 Å². The van der Waals surface area contributed by atoms with Crippen molar-refractivity contribution in [2.45, 2.75) is 13.0 Å². The molecule has 0 spiro atoms. The maximum absolute atomic E-state index is 12.4. The van der Waals surface area contributed by atoms with E-state index < -0.39 is 6.61 Å². The second-order valence-electron chi connectivity index (χ2n) is 5.48. The first-order valence-corrected chi connectivity index (χ1v) is 8.24. The molecule has 0 aromatic heterocycles. The summed E-state index contributed by atoms with van der Waals surface area (Å²) in [6, 6.07) is 11.8. The van der Waals surface area contributed by atoms with Gasteiger partial charge in [0, 0.05) is 18.2 Å². The van der Waals surface area contributed by atoms with E-state index in [2.05, 4.69) is 10.1 Å². The Morgan fingerprint density at radius 1 is 1.07 bits per heavy atom. The minimum absolute atomic E-state index is 0.0156. The predicted octanol–water partition coefficient (Wildman–Crippen LogP) is 3.68. The van der Waals surface area contributed by atoms with Gasteiger partial charge >= 0.3 is 6.61 Å². The Kier molecular flexibility index (Phi) is 7.61. The first-order chi connectivity index (χ1) is 13.0. The number of nitrogens with one attached hydrogen (secondary N) is 1. The molecular formula is C20H21F2NO4. The van der Waals surface area contributed by atoms with Crippen LogP contribution in [0.3, 0.4) is 0 Å². The van der Waals surface area contributed by atoms with Gasteiger partial charge in [0.1, 0.15) is 5.75 Å². The van der Waals surface area contributed by atoms with E-state index >= 15 is 0 Å². The lowest BCUT2D eigenvalue weighted by Crippen LogP contribution is -2.23. The number of carbonyl (C=O) groups is 1. The average molecular weight is 377 g/mol. The molecule has 0 heterocycles. The second-order valence-corrected chi connectivity index (χ2v) is 5.48. The van der Waals surface area contributed by atoms with Crippen LogP contribution in [0.1, 0.15) is 11.1 Å². The molecule has 27 heavy (non-hydrogen) atoms. The minimum atomic E-state index is -2.92.